The molecule has 0 bridgehead atoms. The van der Waals surface area contributed by atoms with Crippen LogP contribution in [-0.4, -0.2) is 49.7 Å². The van der Waals surface area contributed by atoms with Gasteiger partial charge in [0.1, 0.15) is 11.2 Å². The van der Waals surface area contributed by atoms with E-state index in [0.29, 0.717) is 17.9 Å². The number of anilines is 1. The lowest BCUT2D eigenvalue weighted by Gasteiger charge is -2.26. The van der Waals surface area contributed by atoms with E-state index >= 15 is 0 Å². The van der Waals surface area contributed by atoms with Gasteiger partial charge < -0.3 is 10.2 Å². The molecule has 2 aromatic rings. The van der Waals surface area contributed by atoms with Crippen molar-refractivity contribution in [1.29, 1.82) is 0 Å². The number of aryl methyl sites for hydroxylation is 1. The third kappa shape index (κ3) is 5.16. The summed E-state index contributed by atoms with van der Waals surface area (Å²) >= 11 is 1.52. The van der Waals surface area contributed by atoms with Crippen LogP contribution in [0.5, 0.6) is 0 Å². The zero-order chi connectivity index (χ0) is 21.0. The molecule has 1 aliphatic heterocycles. The highest BCUT2D eigenvalue weighted by Crippen LogP contribution is 2.42. The minimum absolute atomic E-state index is 0.00770. The van der Waals surface area contributed by atoms with Crippen molar-refractivity contribution >= 4 is 29.3 Å². The van der Waals surface area contributed by atoms with Gasteiger partial charge in [0.05, 0.1) is 5.75 Å². The van der Waals surface area contributed by atoms with Gasteiger partial charge in [-0.3, -0.25) is 14.5 Å². The highest BCUT2D eigenvalue weighted by atomic mass is 32.2. The highest BCUT2D eigenvalue weighted by Gasteiger charge is 2.34. The molecule has 0 radical (unpaired) electrons. The average molecular weight is 416 g/mol. The second-order valence-corrected chi connectivity index (χ2v) is 8.46. The van der Waals surface area contributed by atoms with E-state index in [9.17, 15) is 14.0 Å². The van der Waals surface area contributed by atoms with Gasteiger partial charge in [0.25, 0.3) is 5.91 Å². The maximum absolute atomic E-state index is 13.3. The Morgan fingerprint density at radius 2 is 1.97 bits per heavy atom. The van der Waals surface area contributed by atoms with Crippen molar-refractivity contribution in [1.82, 2.24) is 10.2 Å². The molecule has 1 unspecified atom stereocenters. The van der Waals surface area contributed by atoms with Crippen molar-refractivity contribution in [3.05, 3.63) is 65.0 Å². The topological polar surface area (TPSA) is 52.7 Å². The standard InChI is InChI=1S/C22H26FN3O2S/c1-15-13-17(21(28)24-11-4-12-25(2)3)7-10-19(15)26-20(27)14-29-22(26)16-5-8-18(23)9-6-16/h5-10,13,22H,4,11-12,14H2,1-3H3,(H,24,28). The Morgan fingerprint density at radius 3 is 2.62 bits per heavy atom. The van der Waals surface area contributed by atoms with Crippen molar-refractivity contribution in [3.63, 3.8) is 0 Å². The van der Waals surface area contributed by atoms with Crippen LogP contribution in [0, 0.1) is 12.7 Å². The molecule has 2 aromatic carbocycles. The number of hydrogen-bond donors (Lipinski definition) is 1. The molecule has 3 rings (SSSR count). The van der Waals surface area contributed by atoms with Gasteiger partial charge in [0.15, 0.2) is 0 Å². The average Bonchev–Trinajstić information content (AvgIpc) is 3.06. The van der Waals surface area contributed by atoms with E-state index in [1.807, 2.05) is 33.2 Å². The monoisotopic (exact) mass is 415 g/mol. The van der Waals surface area contributed by atoms with Gasteiger partial charge in [-0.05, 0) is 75.4 Å². The van der Waals surface area contributed by atoms with Crippen LogP contribution in [0.25, 0.3) is 0 Å². The highest BCUT2D eigenvalue weighted by molar-refractivity contribution is 8.00. The summed E-state index contributed by atoms with van der Waals surface area (Å²) < 4.78 is 13.3. The zero-order valence-electron chi connectivity index (χ0n) is 16.9. The third-order valence-corrected chi connectivity index (χ3v) is 6.02. The van der Waals surface area contributed by atoms with Crippen LogP contribution in [0.3, 0.4) is 0 Å². The third-order valence-electron chi connectivity index (χ3n) is 4.81. The lowest BCUT2D eigenvalue weighted by atomic mass is 10.1. The molecule has 7 heteroatoms. The van der Waals surface area contributed by atoms with E-state index < -0.39 is 0 Å². The van der Waals surface area contributed by atoms with Gasteiger partial charge in [-0.25, -0.2) is 4.39 Å². The Labute approximate surface area is 175 Å². The zero-order valence-corrected chi connectivity index (χ0v) is 17.8. The number of benzene rings is 2. The molecule has 1 heterocycles. The summed E-state index contributed by atoms with van der Waals surface area (Å²) in [5, 5.41) is 2.73. The van der Waals surface area contributed by atoms with Crippen LogP contribution in [-0.2, 0) is 4.79 Å². The molecule has 1 aliphatic rings. The molecule has 29 heavy (non-hydrogen) atoms. The first-order valence-electron chi connectivity index (χ1n) is 9.59. The number of carbonyl (C=O) groups is 2. The maximum Gasteiger partial charge on any atom is 0.251 e. The summed E-state index contributed by atoms with van der Waals surface area (Å²) in [6.07, 6.45) is 0.884. The first-order chi connectivity index (χ1) is 13.9. The van der Waals surface area contributed by atoms with Gasteiger partial charge in [-0.15, -0.1) is 11.8 Å². The predicted molar refractivity (Wildman–Crippen MR) is 116 cm³/mol. The Hall–Kier alpha value is -2.38. The number of nitrogens with zero attached hydrogens (tertiary/aromatic N) is 2. The van der Waals surface area contributed by atoms with Gasteiger partial charge in [-0.2, -0.15) is 0 Å². The number of hydrogen-bond acceptors (Lipinski definition) is 4. The summed E-state index contributed by atoms with van der Waals surface area (Å²) in [5.41, 5.74) is 3.09. The van der Waals surface area contributed by atoms with E-state index in [-0.39, 0.29) is 23.0 Å². The number of nitrogens with one attached hydrogen (secondary N) is 1. The van der Waals surface area contributed by atoms with Crippen LogP contribution in [0.15, 0.2) is 42.5 Å². The van der Waals surface area contributed by atoms with Gasteiger partial charge in [-0.1, -0.05) is 12.1 Å². The number of halogens is 1. The second kappa shape index (κ2) is 9.41. The van der Waals surface area contributed by atoms with Crippen LogP contribution in [0.2, 0.25) is 0 Å². The fourth-order valence-corrected chi connectivity index (χ4v) is 4.49. The van der Waals surface area contributed by atoms with E-state index in [0.717, 1.165) is 29.8 Å². The molecule has 1 saturated heterocycles. The van der Waals surface area contributed by atoms with Crippen molar-refractivity contribution in [2.24, 2.45) is 0 Å². The van der Waals surface area contributed by atoms with E-state index in [2.05, 4.69) is 10.2 Å². The maximum atomic E-state index is 13.3. The summed E-state index contributed by atoms with van der Waals surface area (Å²) in [7, 11) is 4.00. The molecular weight excluding hydrogens is 389 g/mol. The van der Waals surface area contributed by atoms with Gasteiger partial charge in [0.2, 0.25) is 5.91 Å². The van der Waals surface area contributed by atoms with Crippen molar-refractivity contribution in [2.75, 3.05) is 37.8 Å². The first kappa shape index (κ1) is 21.3. The molecule has 0 aliphatic carbocycles. The second-order valence-electron chi connectivity index (χ2n) is 7.39. The summed E-state index contributed by atoms with van der Waals surface area (Å²) in [6, 6.07) is 11.6. The van der Waals surface area contributed by atoms with Crippen molar-refractivity contribution in [2.45, 2.75) is 18.7 Å². The number of rotatable bonds is 7. The lowest BCUT2D eigenvalue weighted by Crippen LogP contribution is -2.29. The largest absolute Gasteiger partial charge is 0.352 e. The Kier molecular flexibility index (Phi) is 6.92. The molecule has 1 fully saturated rings. The van der Waals surface area contributed by atoms with Crippen molar-refractivity contribution < 1.29 is 14.0 Å². The predicted octanol–water partition coefficient (Wildman–Crippen LogP) is 3.59. The number of carbonyl (C=O) groups excluding carboxylic acids is 2. The van der Waals surface area contributed by atoms with Gasteiger partial charge >= 0.3 is 0 Å². The first-order valence-corrected chi connectivity index (χ1v) is 10.6. The quantitative estimate of drug-likeness (QED) is 0.702. The molecule has 0 saturated carbocycles. The molecule has 5 nitrogen and oxygen atoms in total. The smallest absolute Gasteiger partial charge is 0.251 e. The lowest BCUT2D eigenvalue weighted by molar-refractivity contribution is -0.115. The van der Waals surface area contributed by atoms with E-state index in [4.69, 9.17) is 0 Å². The van der Waals surface area contributed by atoms with Crippen molar-refractivity contribution in [3.8, 4) is 0 Å². The SMILES string of the molecule is Cc1cc(C(=O)NCCCN(C)C)ccc1N1C(=O)CSC1c1ccc(F)cc1. The van der Waals surface area contributed by atoms with E-state index in [1.54, 1.807) is 23.1 Å². The number of thioether (sulfide) groups is 1. The van der Waals surface area contributed by atoms with Crippen LogP contribution in [0.4, 0.5) is 10.1 Å². The Balaban J connectivity index is 1.75. The molecule has 0 spiro atoms. The molecule has 1 atom stereocenters. The molecule has 2 amide bonds. The number of amides is 2. The molecule has 0 aromatic heterocycles. The Morgan fingerprint density at radius 1 is 1.24 bits per heavy atom. The molecule has 1 N–H and O–H groups in total. The van der Waals surface area contributed by atoms with Crippen LogP contribution >= 0.6 is 11.8 Å². The Bertz CT molecular complexity index is 886. The summed E-state index contributed by atoms with van der Waals surface area (Å²) in [6.45, 7) is 3.43. The minimum atomic E-state index is -0.299. The normalized spacial score (nSPS) is 16.5. The van der Waals surface area contributed by atoms with Crippen LogP contribution < -0.4 is 10.2 Å². The van der Waals surface area contributed by atoms with E-state index in [1.165, 1.54) is 23.9 Å². The van der Waals surface area contributed by atoms with Crippen LogP contribution in [0.1, 0.15) is 33.3 Å². The summed E-state index contributed by atoms with van der Waals surface area (Å²) in [5.74, 6) is -0.0361. The minimum Gasteiger partial charge on any atom is -0.352 e. The fraction of sp³-hybridized carbons (Fsp3) is 0.364. The fourth-order valence-electron chi connectivity index (χ4n) is 3.32. The molecular formula is C22H26FN3O2S. The summed E-state index contributed by atoms with van der Waals surface area (Å²) in [4.78, 5) is 28.8. The molecule has 154 valence electrons. The van der Waals surface area contributed by atoms with Gasteiger partial charge in [0, 0.05) is 17.8 Å².